The number of hydrogen-bond acceptors (Lipinski definition) is 4. The van der Waals surface area contributed by atoms with Gasteiger partial charge in [0.15, 0.2) is 0 Å². The molecular formula is C21H27NO4. The zero-order valence-electron chi connectivity index (χ0n) is 15.7. The normalized spacial score (nSPS) is 26.0. The summed E-state index contributed by atoms with van der Waals surface area (Å²) in [5, 5.41) is 0. The largest absolute Gasteiger partial charge is 0.461 e. The van der Waals surface area contributed by atoms with E-state index in [0.29, 0.717) is 6.47 Å². The third-order valence-electron chi connectivity index (χ3n) is 5.73. The number of aryl methyl sites for hydroxylation is 1. The third kappa shape index (κ3) is 3.22. The molecule has 3 atom stereocenters. The van der Waals surface area contributed by atoms with Crippen LogP contribution in [0, 0.1) is 12.8 Å². The van der Waals surface area contributed by atoms with Gasteiger partial charge >= 0.3 is 6.09 Å². The Bertz CT molecular complexity index is 714. The fraction of sp³-hybridized carbons (Fsp3) is 0.524. The molecule has 2 aliphatic rings. The van der Waals surface area contributed by atoms with Crippen molar-refractivity contribution in [2.24, 2.45) is 5.92 Å². The van der Waals surface area contributed by atoms with Crippen LogP contribution in [0.15, 0.2) is 30.4 Å². The maximum atomic E-state index is 12.8. The molecule has 3 rings (SSSR count). The number of anilines is 1. The minimum Gasteiger partial charge on any atom is -0.461 e. The van der Waals surface area contributed by atoms with Gasteiger partial charge in [-0.25, -0.2) is 4.79 Å². The smallest absolute Gasteiger partial charge is 0.414 e. The summed E-state index contributed by atoms with van der Waals surface area (Å²) in [6.07, 6.45) is 8.47. The Morgan fingerprint density at radius 3 is 2.92 bits per heavy atom. The standard InChI is InChI=1S/C21H27NO4/c1-15-7-9-17-13-21(22(19(17)12-15)20(24)25-3)11-5-4-6-18(21)10-8-16(2)26-14-23/h7-10,12,14,16,18H,4-6,11,13H2,1-3H3/b10-8+/t16?,18-,21-/m0/s1. The first kappa shape index (κ1) is 18.5. The van der Waals surface area contributed by atoms with Gasteiger partial charge in [-0.05, 0) is 56.4 Å². The lowest BCUT2D eigenvalue weighted by atomic mass is 9.70. The Morgan fingerprint density at radius 2 is 2.19 bits per heavy atom. The molecule has 1 aliphatic heterocycles. The predicted molar refractivity (Wildman–Crippen MR) is 100 cm³/mol. The van der Waals surface area contributed by atoms with Crippen molar-refractivity contribution >= 4 is 18.3 Å². The molecule has 1 saturated carbocycles. The van der Waals surface area contributed by atoms with Crippen LogP contribution >= 0.6 is 0 Å². The highest BCUT2D eigenvalue weighted by Gasteiger charge is 2.52. The van der Waals surface area contributed by atoms with Crippen molar-refractivity contribution in [1.29, 1.82) is 0 Å². The fourth-order valence-electron chi connectivity index (χ4n) is 4.50. The number of hydrogen-bond donors (Lipinski definition) is 0. The van der Waals surface area contributed by atoms with Crippen LogP contribution in [0.25, 0.3) is 0 Å². The van der Waals surface area contributed by atoms with Crippen molar-refractivity contribution in [3.05, 3.63) is 41.5 Å². The van der Waals surface area contributed by atoms with E-state index in [1.54, 1.807) is 0 Å². The van der Waals surface area contributed by atoms with Crippen molar-refractivity contribution in [2.45, 2.75) is 57.6 Å². The van der Waals surface area contributed by atoms with Gasteiger partial charge in [0.2, 0.25) is 0 Å². The molecule has 1 spiro atoms. The molecule has 1 fully saturated rings. The van der Waals surface area contributed by atoms with Gasteiger partial charge < -0.3 is 9.47 Å². The molecule has 5 nitrogen and oxygen atoms in total. The summed E-state index contributed by atoms with van der Waals surface area (Å²) < 4.78 is 10.1. The lowest BCUT2D eigenvalue weighted by Gasteiger charge is -2.46. The summed E-state index contributed by atoms with van der Waals surface area (Å²) in [7, 11) is 1.44. The molecule has 140 valence electrons. The van der Waals surface area contributed by atoms with Gasteiger partial charge in [-0.3, -0.25) is 9.69 Å². The van der Waals surface area contributed by atoms with Crippen LogP contribution in [0.4, 0.5) is 10.5 Å². The second-order valence-electron chi connectivity index (χ2n) is 7.39. The van der Waals surface area contributed by atoms with Gasteiger partial charge in [0, 0.05) is 5.92 Å². The van der Waals surface area contributed by atoms with Gasteiger partial charge in [0.25, 0.3) is 6.47 Å². The first-order chi connectivity index (χ1) is 12.5. The Balaban J connectivity index is 2.00. The summed E-state index contributed by atoms with van der Waals surface area (Å²) in [4.78, 5) is 25.2. The lowest BCUT2D eigenvalue weighted by molar-refractivity contribution is -0.130. The van der Waals surface area contributed by atoms with Gasteiger partial charge in [-0.2, -0.15) is 0 Å². The summed E-state index contributed by atoms with van der Waals surface area (Å²) >= 11 is 0. The van der Waals surface area contributed by atoms with Crippen molar-refractivity contribution in [1.82, 2.24) is 0 Å². The van der Waals surface area contributed by atoms with E-state index in [1.165, 1.54) is 12.7 Å². The van der Waals surface area contributed by atoms with E-state index >= 15 is 0 Å². The van der Waals surface area contributed by atoms with Crippen molar-refractivity contribution in [2.75, 3.05) is 12.0 Å². The van der Waals surface area contributed by atoms with Crippen molar-refractivity contribution in [3.63, 3.8) is 0 Å². The van der Waals surface area contributed by atoms with Crippen molar-refractivity contribution in [3.8, 4) is 0 Å². The molecule has 0 radical (unpaired) electrons. The van der Waals surface area contributed by atoms with E-state index in [1.807, 2.05) is 24.8 Å². The highest BCUT2D eigenvalue weighted by atomic mass is 16.5. The minimum absolute atomic E-state index is 0.195. The number of methoxy groups -OCH3 is 1. The zero-order valence-corrected chi connectivity index (χ0v) is 15.7. The molecular weight excluding hydrogens is 330 g/mol. The van der Waals surface area contributed by atoms with E-state index < -0.39 is 0 Å². The molecule has 0 aromatic heterocycles. The first-order valence-corrected chi connectivity index (χ1v) is 9.27. The monoisotopic (exact) mass is 357 g/mol. The quantitative estimate of drug-likeness (QED) is 0.599. The Labute approximate surface area is 155 Å². The Kier molecular flexibility index (Phi) is 5.35. The highest BCUT2D eigenvalue weighted by molar-refractivity contribution is 5.93. The second kappa shape index (κ2) is 7.52. The molecule has 1 aromatic carbocycles. The molecule has 26 heavy (non-hydrogen) atoms. The van der Waals surface area contributed by atoms with Crippen LogP contribution in [0.3, 0.4) is 0 Å². The van der Waals surface area contributed by atoms with Gasteiger partial charge in [0.1, 0.15) is 6.10 Å². The molecule has 0 saturated heterocycles. The van der Waals surface area contributed by atoms with Crippen LogP contribution in [-0.2, 0) is 20.7 Å². The maximum absolute atomic E-state index is 12.8. The van der Waals surface area contributed by atoms with Crippen LogP contribution in [-0.4, -0.2) is 31.3 Å². The van der Waals surface area contributed by atoms with E-state index in [0.717, 1.165) is 43.4 Å². The Morgan fingerprint density at radius 1 is 1.38 bits per heavy atom. The molecule has 0 bridgehead atoms. The van der Waals surface area contributed by atoms with Gasteiger partial charge in [-0.15, -0.1) is 0 Å². The molecule has 1 aliphatic carbocycles. The van der Waals surface area contributed by atoms with E-state index in [9.17, 15) is 9.59 Å². The number of rotatable bonds is 4. The SMILES string of the molecule is COC(=O)N1c2cc(C)ccc2C[C@]12CCCC[C@H]2/C=C/C(C)OC=O. The van der Waals surface area contributed by atoms with E-state index in [2.05, 4.69) is 24.3 Å². The average Bonchev–Trinajstić information content (AvgIpc) is 2.94. The molecule has 1 amide bonds. The number of fused-ring (bicyclic) bond motifs is 1. The number of amides is 1. The minimum atomic E-state index is -0.307. The van der Waals surface area contributed by atoms with Crippen LogP contribution in [0.5, 0.6) is 0 Å². The van der Waals surface area contributed by atoms with E-state index in [4.69, 9.17) is 9.47 Å². The van der Waals surface area contributed by atoms with Crippen LogP contribution in [0.1, 0.15) is 43.7 Å². The number of carbonyl (C=O) groups excluding carboxylic acids is 2. The number of ether oxygens (including phenoxy) is 2. The highest BCUT2D eigenvalue weighted by Crippen LogP contribution is 2.50. The van der Waals surface area contributed by atoms with Gasteiger partial charge in [-0.1, -0.05) is 31.1 Å². The molecule has 1 heterocycles. The van der Waals surface area contributed by atoms with Crippen LogP contribution < -0.4 is 4.90 Å². The molecule has 0 N–H and O–H groups in total. The molecule has 1 aromatic rings. The lowest BCUT2D eigenvalue weighted by Crippen LogP contribution is -2.56. The average molecular weight is 357 g/mol. The summed E-state index contributed by atoms with van der Waals surface area (Å²) in [6, 6.07) is 6.30. The zero-order chi connectivity index (χ0) is 18.7. The first-order valence-electron chi connectivity index (χ1n) is 9.27. The second-order valence-corrected chi connectivity index (χ2v) is 7.39. The molecule has 5 heteroatoms. The van der Waals surface area contributed by atoms with Crippen molar-refractivity contribution < 1.29 is 19.1 Å². The number of nitrogens with zero attached hydrogens (tertiary/aromatic N) is 1. The fourth-order valence-corrected chi connectivity index (χ4v) is 4.50. The predicted octanol–water partition coefficient (Wildman–Crippen LogP) is 4.17. The number of benzene rings is 1. The third-order valence-corrected chi connectivity index (χ3v) is 5.73. The summed E-state index contributed by atoms with van der Waals surface area (Å²) in [6.45, 7) is 4.35. The van der Waals surface area contributed by atoms with Gasteiger partial charge in [0.05, 0.1) is 18.3 Å². The summed E-state index contributed by atoms with van der Waals surface area (Å²) in [5.74, 6) is 0.195. The van der Waals surface area contributed by atoms with Crippen LogP contribution in [0.2, 0.25) is 0 Å². The maximum Gasteiger partial charge on any atom is 0.414 e. The summed E-state index contributed by atoms with van der Waals surface area (Å²) in [5.41, 5.74) is 2.98. The number of carbonyl (C=O) groups is 2. The topological polar surface area (TPSA) is 55.8 Å². The molecule has 1 unspecified atom stereocenters. The van der Waals surface area contributed by atoms with E-state index in [-0.39, 0.29) is 23.7 Å². The Hall–Kier alpha value is -2.30.